The first-order chi connectivity index (χ1) is 5.82. The lowest BCUT2D eigenvalue weighted by Gasteiger charge is -2.23. The maximum Gasteiger partial charge on any atom is 0.281 e. The molecule has 0 aromatic heterocycles. The van der Waals surface area contributed by atoms with Crippen molar-refractivity contribution < 1.29 is 8.42 Å². The molecule has 0 aromatic rings. The summed E-state index contributed by atoms with van der Waals surface area (Å²) in [5, 5.41) is 0. The topological polar surface area (TPSA) is 66.6 Å². The second-order valence-electron chi connectivity index (χ2n) is 2.68. The lowest BCUT2D eigenvalue weighted by Crippen LogP contribution is -2.43. The Hall–Kier alpha value is -0.240. The number of hydrogen-bond acceptors (Lipinski definition) is 3. The van der Waals surface area contributed by atoms with E-state index >= 15 is 0 Å². The van der Waals surface area contributed by atoms with Crippen LogP contribution in [-0.4, -0.2) is 49.2 Å². The maximum atomic E-state index is 11.5. The Balaban J connectivity index is 4.68. The van der Waals surface area contributed by atoms with Gasteiger partial charge in [-0.2, -0.15) is 17.0 Å². The minimum Gasteiger partial charge on any atom is -0.392 e. The van der Waals surface area contributed by atoms with E-state index in [1.807, 2.05) is 0 Å². The molecule has 0 rings (SSSR count). The van der Waals surface area contributed by atoms with Gasteiger partial charge in [-0.3, -0.25) is 0 Å². The van der Waals surface area contributed by atoms with Crippen LogP contribution in [-0.2, 0) is 10.2 Å². The molecule has 0 heterocycles. The Morgan fingerprint density at radius 1 is 1.46 bits per heavy atom. The van der Waals surface area contributed by atoms with Crippen LogP contribution in [0.1, 0.15) is 6.92 Å². The number of likely N-dealkylation sites (N-methyl/N-ethyl adjacent to an activating group) is 1. The summed E-state index contributed by atoms with van der Waals surface area (Å²) in [6.07, 6.45) is 0. The highest BCUT2D eigenvalue weighted by molar-refractivity contribution is 7.86. The fraction of sp³-hybridized carbons (Fsp3) is 0.833. The van der Waals surface area contributed by atoms with Crippen LogP contribution in [0.4, 0.5) is 0 Å². The van der Waals surface area contributed by atoms with E-state index in [4.69, 9.17) is 5.73 Å². The van der Waals surface area contributed by atoms with Gasteiger partial charge in [0.1, 0.15) is 0 Å². The summed E-state index contributed by atoms with van der Waals surface area (Å²) in [5.74, 6) is 0. The Morgan fingerprint density at radius 3 is 2.15 bits per heavy atom. The zero-order chi connectivity index (χ0) is 10.6. The van der Waals surface area contributed by atoms with E-state index in [9.17, 15) is 8.42 Å². The summed E-state index contributed by atoms with van der Waals surface area (Å²) in [6, 6.07) is 0. The van der Waals surface area contributed by atoms with Gasteiger partial charge in [0.15, 0.2) is 0 Å². The van der Waals surface area contributed by atoms with Crippen LogP contribution in [0.3, 0.4) is 0 Å². The molecule has 0 aliphatic carbocycles. The van der Waals surface area contributed by atoms with Crippen LogP contribution < -0.4 is 5.73 Å². The lowest BCUT2D eigenvalue weighted by atomic mass is 10.6. The highest BCUT2D eigenvalue weighted by Crippen LogP contribution is 2.02. The normalized spacial score (nSPS) is 12.4. The first kappa shape index (κ1) is 12.8. The molecule has 0 amide bonds. The first-order valence-electron chi connectivity index (χ1n) is 3.78. The van der Waals surface area contributed by atoms with Gasteiger partial charge in [0, 0.05) is 20.6 Å². The Bertz CT molecular complexity index is 274. The fourth-order valence-corrected chi connectivity index (χ4v) is 2.09. The van der Waals surface area contributed by atoms with Gasteiger partial charge in [-0.15, -0.1) is 0 Å². The minimum atomic E-state index is -3.38. The van der Waals surface area contributed by atoms with Gasteiger partial charge in [0.2, 0.25) is 0 Å². The predicted molar refractivity (Wildman–Crippen MR) is 56.6 cm³/mol. The number of hydrogen-bond donors (Lipinski definition) is 1. The molecule has 0 bridgehead atoms. The van der Waals surface area contributed by atoms with Gasteiger partial charge in [0.25, 0.3) is 10.2 Å². The number of nitrogens with two attached hydrogens (primary N) is 1. The van der Waals surface area contributed by atoms with E-state index < -0.39 is 10.2 Å². The number of thiocarbonyl (C=S) groups is 1. The van der Waals surface area contributed by atoms with Gasteiger partial charge < -0.3 is 5.73 Å². The average Bonchev–Trinajstić information content (AvgIpc) is 1.99. The van der Waals surface area contributed by atoms with Gasteiger partial charge in [-0.25, -0.2) is 0 Å². The zero-order valence-electron chi connectivity index (χ0n) is 8.02. The standard InChI is InChI=1S/C6H15N3O2S2/c1-4-9(5-6(7)12)13(10,11)8(2)3/h4-5H2,1-3H3,(H2,7,12). The Morgan fingerprint density at radius 2 is 1.92 bits per heavy atom. The molecule has 0 radical (unpaired) electrons. The Kier molecular flexibility index (Phi) is 4.76. The van der Waals surface area contributed by atoms with Crippen molar-refractivity contribution in [2.75, 3.05) is 27.2 Å². The van der Waals surface area contributed by atoms with Crippen molar-refractivity contribution >= 4 is 27.4 Å². The molecule has 7 heteroatoms. The molecule has 0 spiro atoms. The SMILES string of the molecule is CCN(CC(N)=S)S(=O)(=O)N(C)C. The molecule has 0 unspecified atom stereocenters. The second kappa shape index (κ2) is 4.85. The molecule has 0 aromatic carbocycles. The highest BCUT2D eigenvalue weighted by atomic mass is 32.2. The smallest absolute Gasteiger partial charge is 0.281 e. The minimum absolute atomic E-state index is 0.0896. The van der Waals surface area contributed by atoms with Crippen molar-refractivity contribution in [3.8, 4) is 0 Å². The molecule has 78 valence electrons. The molecule has 0 fully saturated rings. The molecule has 0 saturated carbocycles. The zero-order valence-corrected chi connectivity index (χ0v) is 9.65. The van der Waals surface area contributed by atoms with Crippen LogP contribution in [0.25, 0.3) is 0 Å². The predicted octanol–water partition coefficient (Wildman–Crippen LogP) is -0.599. The van der Waals surface area contributed by atoms with E-state index in [2.05, 4.69) is 12.2 Å². The van der Waals surface area contributed by atoms with Crippen molar-refractivity contribution in [2.24, 2.45) is 5.73 Å². The van der Waals surface area contributed by atoms with Crippen LogP contribution >= 0.6 is 12.2 Å². The molecule has 0 atom stereocenters. The molecule has 13 heavy (non-hydrogen) atoms. The van der Waals surface area contributed by atoms with E-state index in [1.54, 1.807) is 6.92 Å². The summed E-state index contributed by atoms with van der Waals surface area (Å²) >= 11 is 4.65. The van der Waals surface area contributed by atoms with E-state index in [-0.39, 0.29) is 11.5 Å². The van der Waals surface area contributed by atoms with Crippen LogP contribution in [0.15, 0.2) is 0 Å². The fourth-order valence-electron chi connectivity index (χ4n) is 0.761. The molecular formula is C6H15N3O2S2. The van der Waals surface area contributed by atoms with E-state index in [1.165, 1.54) is 18.4 Å². The first-order valence-corrected chi connectivity index (χ1v) is 5.58. The summed E-state index contributed by atoms with van der Waals surface area (Å²) < 4.78 is 25.4. The summed E-state index contributed by atoms with van der Waals surface area (Å²) in [5.41, 5.74) is 5.27. The van der Waals surface area contributed by atoms with Gasteiger partial charge in [-0.1, -0.05) is 19.1 Å². The number of rotatable bonds is 5. The Labute approximate surface area is 84.7 Å². The van der Waals surface area contributed by atoms with Crippen LogP contribution in [0.2, 0.25) is 0 Å². The summed E-state index contributed by atoms with van der Waals surface area (Å²) in [6.45, 7) is 2.18. The van der Waals surface area contributed by atoms with Crippen molar-refractivity contribution in [1.82, 2.24) is 8.61 Å². The molecule has 5 nitrogen and oxygen atoms in total. The van der Waals surface area contributed by atoms with Crippen LogP contribution in [0.5, 0.6) is 0 Å². The highest BCUT2D eigenvalue weighted by Gasteiger charge is 2.22. The van der Waals surface area contributed by atoms with Gasteiger partial charge in [0.05, 0.1) is 11.5 Å². The van der Waals surface area contributed by atoms with Crippen LogP contribution in [0, 0.1) is 0 Å². The van der Waals surface area contributed by atoms with E-state index in [0.717, 1.165) is 4.31 Å². The third kappa shape index (κ3) is 3.55. The monoisotopic (exact) mass is 225 g/mol. The summed E-state index contributed by atoms with van der Waals surface area (Å²) in [4.78, 5) is 0.173. The van der Waals surface area contributed by atoms with Gasteiger partial charge in [-0.05, 0) is 0 Å². The third-order valence-corrected chi connectivity index (χ3v) is 3.56. The molecule has 0 aliphatic rings. The quantitative estimate of drug-likeness (QED) is 0.635. The van der Waals surface area contributed by atoms with Crippen molar-refractivity contribution in [3.05, 3.63) is 0 Å². The van der Waals surface area contributed by atoms with Crippen molar-refractivity contribution in [2.45, 2.75) is 6.92 Å². The molecular weight excluding hydrogens is 210 g/mol. The second-order valence-corrected chi connectivity index (χ2v) is 5.35. The molecule has 0 saturated heterocycles. The number of nitrogens with zero attached hydrogens (tertiary/aromatic N) is 2. The molecule has 0 aliphatic heterocycles. The van der Waals surface area contributed by atoms with Crippen molar-refractivity contribution in [3.63, 3.8) is 0 Å². The summed E-state index contributed by atoms with van der Waals surface area (Å²) in [7, 11) is -0.445. The van der Waals surface area contributed by atoms with Crippen molar-refractivity contribution in [1.29, 1.82) is 0 Å². The van der Waals surface area contributed by atoms with Gasteiger partial charge >= 0.3 is 0 Å². The molecule has 2 N–H and O–H groups in total. The largest absolute Gasteiger partial charge is 0.392 e. The van der Waals surface area contributed by atoms with E-state index in [0.29, 0.717) is 6.54 Å². The maximum absolute atomic E-state index is 11.5. The average molecular weight is 225 g/mol. The third-order valence-electron chi connectivity index (χ3n) is 1.47. The lowest BCUT2D eigenvalue weighted by molar-refractivity contribution is 0.415.